The zero-order valence-electron chi connectivity index (χ0n) is 11.4. The second-order valence-corrected chi connectivity index (χ2v) is 4.69. The molecule has 2 rings (SSSR count). The Balaban J connectivity index is 1.89. The van der Waals surface area contributed by atoms with Gasteiger partial charge in [0, 0.05) is 18.3 Å². The van der Waals surface area contributed by atoms with Gasteiger partial charge in [0.15, 0.2) is 0 Å². The number of nitrogens with zero attached hydrogens (tertiary/aromatic N) is 2. The van der Waals surface area contributed by atoms with Crippen LogP contribution in [-0.4, -0.2) is 21.0 Å². The minimum Gasteiger partial charge on any atom is -0.489 e. The summed E-state index contributed by atoms with van der Waals surface area (Å²) in [6, 6.07) is 7.83. The highest BCUT2D eigenvalue weighted by molar-refractivity contribution is 5.27. The molecule has 4 nitrogen and oxygen atoms in total. The lowest BCUT2D eigenvalue weighted by molar-refractivity contribution is 0.195. The molecule has 0 saturated heterocycles. The number of hydrogen-bond donors (Lipinski definition) is 1. The number of aryl methyl sites for hydroxylation is 1. The SMILES string of the molecule is CCn1cc(COc2ccc(CC(C)O)cc2)cn1. The molecule has 19 heavy (non-hydrogen) atoms. The van der Waals surface area contributed by atoms with Gasteiger partial charge in [-0.3, -0.25) is 4.68 Å². The van der Waals surface area contributed by atoms with E-state index in [2.05, 4.69) is 12.0 Å². The summed E-state index contributed by atoms with van der Waals surface area (Å²) in [5.74, 6) is 0.832. The fraction of sp³-hybridized carbons (Fsp3) is 0.400. The van der Waals surface area contributed by atoms with Crippen molar-refractivity contribution < 1.29 is 9.84 Å². The third-order valence-corrected chi connectivity index (χ3v) is 2.87. The van der Waals surface area contributed by atoms with Gasteiger partial charge in [0.2, 0.25) is 0 Å². The molecule has 0 bridgehead atoms. The molecule has 102 valence electrons. The van der Waals surface area contributed by atoms with Crippen LogP contribution in [0.25, 0.3) is 0 Å². The fourth-order valence-electron chi connectivity index (χ4n) is 1.88. The van der Waals surface area contributed by atoms with Crippen LogP contribution < -0.4 is 4.74 Å². The molecule has 0 aliphatic rings. The highest BCUT2D eigenvalue weighted by atomic mass is 16.5. The molecule has 1 aromatic carbocycles. The summed E-state index contributed by atoms with van der Waals surface area (Å²) >= 11 is 0. The first-order valence-corrected chi connectivity index (χ1v) is 6.58. The minimum atomic E-state index is -0.313. The summed E-state index contributed by atoms with van der Waals surface area (Å²) in [5.41, 5.74) is 2.18. The van der Waals surface area contributed by atoms with Gasteiger partial charge in [-0.05, 0) is 38.0 Å². The second-order valence-electron chi connectivity index (χ2n) is 4.69. The standard InChI is InChI=1S/C15H20N2O2/c1-3-17-10-14(9-16-17)11-19-15-6-4-13(5-7-15)8-12(2)18/h4-7,9-10,12,18H,3,8,11H2,1-2H3. The Hall–Kier alpha value is -1.81. The Morgan fingerprint density at radius 2 is 2.00 bits per heavy atom. The Morgan fingerprint density at radius 3 is 2.58 bits per heavy atom. The quantitative estimate of drug-likeness (QED) is 0.867. The monoisotopic (exact) mass is 260 g/mol. The first kappa shape index (κ1) is 13.6. The van der Waals surface area contributed by atoms with Crippen molar-refractivity contribution in [3.05, 3.63) is 47.8 Å². The Labute approximate surface area is 113 Å². The van der Waals surface area contributed by atoms with E-state index in [1.54, 1.807) is 6.92 Å². The van der Waals surface area contributed by atoms with Crippen molar-refractivity contribution in [2.24, 2.45) is 0 Å². The minimum absolute atomic E-state index is 0.313. The van der Waals surface area contributed by atoms with Crippen molar-refractivity contribution in [2.45, 2.75) is 39.5 Å². The smallest absolute Gasteiger partial charge is 0.119 e. The number of aromatic nitrogens is 2. The van der Waals surface area contributed by atoms with Crippen molar-refractivity contribution in [3.8, 4) is 5.75 Å². The maximum Gasteiger partial charge on any atom is 0.119 e. The van der Waals surface area contributed by atoms with Gasteiger partial charge >= 0.3 is 0 Å². The van der Waals surface area contributed by atoms with E-state index in [0.29, 0.717) is 13.0 Å². The van der Waals surface area contributed by atoms with E-state index in [4.69, 9.17) is 4.74 Å². The zero-order valence-corrected chi connectivity index (χ0v) is 11.4. The Bertz CT molecular complexity index is 503. The molecular formula is C15H20N2O2. The first-order chi connectivity index (χ1) is 9.17. The molecule has 0 spiro atoms. The second kappa shape index (κ2) is 6.38. The van der Waals surface area contributed by atoms with Crippen LogP contribution in [0.2, 0.25) is 0 Å². The van der Waals surface area contributed by atoms with E-state index < -0.39 is 0 Å². The molecule has 0 aliphatic carbocycles. The number of aliphatic hydroxyl groups excluding tert-OH is 1. The third-order valence-electron chi connectivity index (χ3n) is 2.87. The van der Waals surface area contributed by atoms with Gasteiger partial charge in [0.25, 0.3) is 0 Å². The molecule has 2 aromatic rings. The summed E-state index contributed by atoms with van der Waals surface area (Å²) in [5, 5.41) is 13.5. The van der Waals surface area contributed by atoms with Gasteiger partial charge in [-0.15, -0.1) is 0 Å². The molecular weight excluding hydrogens is 240 g/mol. The maximum atomic E-state index is 9.31. The van der Waals surface area contributed by atoms with Crippen molar-refractivity contribution in [1.82, 2.24) is 9.78 Å². The van der Waals surface area contributed by atoms with Crippen LogP contribution in [0.3, 0.4) is 0 Å². The summed E-state index contributed by atoms with van der Waals surface area (Å²) < 4.78 is 7.57. The molecule has 0 aliphatic heterocycles. The number of rotatable bonds is 6. The average molecular weight is 260 g/mol. The van der Waals surface area contributed by atoms with E-state index in [1.807, 2.05) is 41.3 Å². The average Bonchev–Trinajstić information content (AvgIpc) is 2.85. The van der Waals surface area contributed by atoms with Gasteiger partial charge in [-0.1, -0.05) is 12.1 Å². The van der Waals surface area contributed by atoms with Crippen LogP contribution >= 0.6 is 0 Å². The van der Waals surface area contributed by atoms with E-state index in [0.717, 1.165) is 23.4 Å². The molecule has 1 aromatic heterocycles. The number of benzene rings is 1. The van der Waals surface area contributed by atoms with Crippen molar-refractivity contribution in [3.63, 3.8) is 0 Å². The van der Waals surface area contributed by atoms with Crippen LogP contribution in [0.4, 0.5) is 0 Å². The number of ether oxygens (including phenoxy) is 1. The highest BCUT2D eigenvalue weighted by Gasteiger charge is 2.01. The lowest BCUT2D eigenvalue weighted by Crippen LogP contribution is -2.03. The Morgan fingerprint density at radius 1 is 1.26 bits per heavy atom. The molecule has 4 heteroatoms. The lowest BCUT2D eigenvalue weighted by atomic mass is 10.1. The van der Waals surface area contributed by atoms with Crippen LogP contribution in [0.5, 0.6) is 5.75 Å². The fourth-order valence-corrected chi connectivity index (χ4v) is 1.88. The molecule has 0 fully saturated rings. The summed E-state index contributed by atoms with van der Waals surface area (Å²) in [7, 11) is 0. The van der Waals surface area contributed by atoms with Crippen molar-refractivity contribution in [2.75, 3.05) is 0 Å². The van der Waals surface area contributed by atoms with Crippen LogP contribution in [0.1, 0.15) is 25.0 Å². The van der Waals surface area contributed by atoms with Gasteiger partial charge in [0.05, 0.1) is 12.3 Å². The first-order valence-electron chi connectivity index (χ1n) is 6.58. The van der Waals surface area contributed by atoms with Crippen LogP contribution in [0, 0.1) is 0 Å². The van der Waals surface area contributed by atoms with Crippen LogP contribution in [-0.2, 0) is 19.6 Å². The summed E-state index contributed by atoms with van der Waals surface area (Å²) in [6.45, 7) is 5.23. The predicted octanol–water partition coefficient (Wildman–Crippen LogP) is 2.41. The van der Waals surface area contributed by atoms with Crippen molar-refractivity contribution >= 4 is 0 Å². The summed E-state index contributed by atoms with van der Waals surface area (Å²) in [6.07, 6.45) is 4.17. The van der Waals surface area contributed by atoms with Gasteiger partial charge < -0.3 is 9.84 Å². The molecule has 0 saturated carbocycles. The van der Waals surface area contributed by atoms with Gasteiger partial charge in [-0.25, -0.2) is 0 Å². The number of hydrogen-bond acceptors (Lipinski definition) is 3. The molecule has 1 heterocycles. The largest absolute Gasteiger partial charge is 0.489 e. The number of aliphatic hydroxyl groups is 1. The summed E-state index contributed by atoms with van der Waals surface area (Å²) in [4.78, 5) is 0. The molecule has 0 amide bonds. The molecule has 1 atom stereocenters. The van der Waals surface area contributed by atoms with Crippen LogP contribution in [0.15, 0.2) is 36.7 Å². The van der Waals surface area contributed by atoms with Gasteiger partial charge in [0.1, 0.15) is 12.4 Å². The maximum absolute atomic E-state index is 9.31. The zero-order chi connectivity index (χ0) is 13.7. The van der Waals surface area contributed by atoms with Gasteiger partial charge in [-0.2, -0.15) is 5.10 Å². The normalized spacial score (nSPS) is 12.4. The third kappa shape index (κ3) is 4.10. The lowest BCUT2D eigenvalue weighted by Gasteiger charge is -2.07. The molecule has 1 unspecified atom stereocenters. The molecule has 1 N–H and O–H groups in total. The van der Waals surface area contributed by atoms with E-state index in [9.17, 15) is 5.11 Å². The van der Waals surface area contributed by atoms with Crippen molar-refractivity contribution in [1.29, 1.82) is 0 Å². The topological polar surface area (TPSA) is 47.3 Å². The Kier molecular flexibility index (Phi) is 4.58. The highest BCUT2D eigenvalue weighted by Crippen LogP contribution is 2.15. The predicted molar refractivity (Wildman–Crippen MR) is 74.1 cm³/mol. The van der Waals surface area contributed by atoms with E-state index >= 15 is 0 Å². The molecule has 0 radical (unpaired) electrons. The van der Waals surface area contributed by atoms with E-state index in [1.165, 1.54) is 0 Å². The van der Waals surface area contributed by atoms with E-state index in [-0.39, 0.29) is 6.10 Å².